The first-order valence-corrected chi connectivity index (χ1v) is 16.4. The van der Waals surface area contributed by atoms with E-state index in [1.165, 1.54) is 11.8 Å². The summed E-state index contributed by atoms with van der Waals surface area (Å²) < 4.78 is 19.4. The van der Waals surface area contributed by atoms with Crippen molar-refractivity contribution < 1.29 is 19.0 Å². The Morgan fingerprint density at radius 3 is 2.51 bits per heavy atom. The minimum atomic E-state index is -0.336. The Labute approximate surface area is 291 Å². The maximum absolute atomic E-state index is 13.9. The number of carbonyl (C=O) groups excluding carboxylic acids is 1. The van der Waals surface area contributed by atoms with Gasteiger partial charge in [-0.2, -0.15) is 9.78 Å². The van der Waals surface area contributed by atoms with Crippen LogP contribution in [0.25, 0.3) is 22.3 Å². The fourth-order valence-corrected chi connectivity index (χ4v) is 5.93. The number of nitrogens with zero attached hydrogens (tertiary/aromatic N) is 3. The largest absolute Gasteiger partial charge is 0.494 e. The second kappa shape index (κ2) is 15.0. The molecule has 0 saturated heterocycles. The van der Waals surface area contributed by atoms with Gasteiger partial charge < -0.3 is 19.5 Å². The molecule has 0 aliphatic heterocycles. The number of nitrogens with one attached hydrogen (secondary N) is 1. The molecule has 0 aliphatic carbocycles. The van der Waals surface area contributed by atoms with Gasteiger partial charge in [0.25, 0.3) is 11.5 Å². The summed E-state index contributed by atoms with van der Waals surface area (Å²) in [6.07, 6.45) is 1.58. The van der Waals surface area contributed by atoms with Crippen LogP contribution in [0.4, 0.5) is 5.69 Å². The van der Waals surface area contributed by atoms with E-state index in [1.807, 2.05) is 44.2 Å². The van der Waals surface area contributed by atoms with Crippen molar-refractivity contribution in [2.24, 2.45) is 5.10 Å². The Balaban J connectivity index is 1.50. The molecule has 5 rings (SSSR count). The van der Waals surface area contributed by atoms with E-state index in [-0.39, 0.29) is 24.0 Å². The lowest BCUT2D eigenvalue weighted by Crippen LogP contribution is -2.21. The summed E-state index contributed by atoms with van der Waals surface area (Å²) in [4.78, 5) is 31.3. The van der Waals surface area contributed by atoms with Crippen LogP contribution in [0.1, 0.15) is 43.4 Å². The number of carbonyl (C=O) groups is 1. The molecule has 9 nitrogen and oxygen atoms in total. The molecule has 4 aromatic carbocycles. The minimum Gasteiger partial charge on any atom is -0.494 e. The van der Waals surface area contributed by atoms with Crippen molar-refractivity contribution in [3.05, 3.63) is 108 Å². The number of rotatable bonds is 11. The average Bonchev–Trinajstić information content (AvgIpc) is 3.04. The SMILES string of the molecule is CCOc1cc(C)c(-c2nc3ccccc3c(=O)n2N=Cc2cc(I)c(OCC(=O)Nc3ccc(Cl)cc3)c(OC)c2)cc1C(C)C. The van der Waals surface area contributed by atoms with Crippen LogP contribution in [-0.2, 0) is 4.79 Å². The first kappa shape index (κ1) is 33.9. The standard InChI is InChI=1S/C36H34ClIN4O5/c1-6-46-31-15-22(4)28(18-27(31)21(2)3)35-41-30-10-8-7-9-26(30)36(44)42(35)39-19-23-16-29(38)34(32(17-23)45-5)47-20-33(43)40-25-13-11-24(37)12-14-25/h7-19,21H,6,20H2,1-5H3,(H,40,43). The number of para-hydroxylation sites is 1. The Hall–Kier alpha value is -4.42. The molecule has 0 aliphatic rings. The van der Waals surface area contributed by atoms with Crippen LogP contribution in [0, 0.1) is 10.5 Å². The maximum atomic E-state index is 13.9. The van der Waals surface area contributed by atoms with Gasteiger partial charge >= 0.3 is 0 Å². The predicted octanol–water partition coefficient (Wildman–Crippen LogP) is 8.06. The van der Waals surface area contributed by atoms with E-state index in [4.69, 9.17) is 30.8 Å². The van der Waals surface area contributed by atoms with E-state index in [9.17, 15) is 9.59 Å². The molecule has 11 heteroatoms. The van der Waals surface area contributed by atoms with Crippen LogP contribution in [-0.4, -0.2) is 42.1 Å². The van der Waals surface area contributed by atoms with E-state index >= 15 is 0 Å². The number of aromatic nitrogens is 2. The number of amides is 1. The van der Waals surface area contributed by atoms with Crippen LogP contribution in [0.2, 0.25) is 5.02 Å². The smallest absolute Gasteiger partial charge is 0.282 e. The van der Waals surface area contributed by atoms with Crippen LogP contribution >= 0.6 is 34.2 Å². The number of ether oxygens (including phenoxy) is 3. The summed E-state index contributed by atoms with van der Waals surface area (Å²) in [6.45, 7) is 8.45. The van der Waals surface area contributed by atoms with Crippen molar-refractivity contribution in [1.29, 1.82) is 0 Å². The van der Waals surface area contributed by atoms with Crippen molar-refractivity contribution in [3.8, 4) is 28.6 Å². The number of anilines is 1. The van der Waals surface area contributed by atoms with Gasteiger partial charge in [0.1, 0.15) is 5.75 Å². The second-order valence-corrected chi connectivity index (χ2v) is 12.6. The van der Waals surface area contributed by atoms with Gasteiger partial charge in [0.05, 0.1) is 34.4 Å². The van der Waals surface area contributed by atoms with Crippen molar-refractivity contribution in [1.82, 2.24) is 9.66 Å². The van der Waals surface area contributed by atoms with E-state index in [0.29, 0.717) is 54.7 Å². The molecule has 1 heterocycles. The van der Waals surface area contributed by atoms with E-state index in [1.54, 1.807) is 48.7 Å². The fraction of sp³-hybridized carbons (Fsp3) is 0.222. The molecule has 0 atom stereocenters. The number of hydrogen-bond donors (Lipinski definition) is 1. The molecule has 1 amide bonds. The normalized spacial score (nSPS) is 11.3. The molecule has 0 spiro atoms. The third-order valence-electron chi connectivity index (χ3n) is 7.32. The van der Waals surface area contributed by atoms with Crippen molar-refractivity contribution in [2.75, 3.05) is 25.6 Å². The summed E-state index contributed by atoms with van der Waals surface area (Å²) in [6, 6.07) is 21.6. The van der Waals surface area contributed by atoms with E-state index < -0.39 is 0 Å². The average molecular weight is 765 g/mol. The molecule has 0 saturated carbocycles. The Morgan fingerprint density at radius 1 is 1.06 bits per heavy atom. The van der Waals surface area contributed by atoms with Crippen LogP contribution < -0.4 is 25.1 Å². The first-order valence-electron chi connectivity index (χ1n) is 15.0. The highest BCUT2D eigenvalue weighted by Gasteiger charge is 2.19. The highest BCUT2D eigenvalue weighted by atomic mass is 127. The Kier molecular flexibility index (Phi) is 10.8. The van der Waals surface area contributed by atoms with Gasteiger partial charge in [-0.05, 0) is 120 Å². The molecule has 0 unspecified atom stereocenters. The zero-order valence-corrected chi connectivity index (χ0v) is 29.5. The number of hydrogen-bond acceptors (Lipinski definition) is 7. The number of aryl methyl sites for hydroxylation is 1. The lowest BCUT2D eigenvalue weighted by atomic mass is 9.96. The van der Waals surface area contributed by atoms with Gasteiger partial charge in [-0.25, -0.2) is 4.98 Å². The maximum Gasteiger partial charge on any atom is 0.282 e. The molecule has 242 valence electrons. The summed E-state index contributed by atoms with van der Waals surface area (Å²) in [5, 5.41) is 8.46. The Morgan fingerprint density at radius 2 is 1.81 bits per heavy atom. The molecular weight excluding hydrogens is 731 g/mol. The number of methoxy groups -OCH3 is 1. The van der Waals surface area contributed by atoms with Crippen molar-refractivity contribution in [3.63, 3.8) is 0 Å². The quantitative estimate of drug-likeness (QED) is 0.108. The van der Waals surface area contributed by atoms with Gasteiger partial charge in [-0.15, -0.1) is 0 Å². The molecule has 5 aromatic rings. The third kappa shape index (κ3) is 7.77. The van der Waals surface area contributed by atoms with Gasteiger partial charge in [-0.3, -0.25) is 9.59 Å². The molecule has 1 N–H and O–H groups in total. The molecule has 0 radical (unpaired) electrons. The lowest BCUT2D eigenvalue weighted by molar-refractivity contribution is -0.118. The van der Waals surface area contributed by atoms with Gasteiger partial charge in [0.15, 0.2) is 23.9 Å². The van der Waals surface area contributed by atoms with E-state index in [2.05, 4.69) is 46.9 Å². The van der Waals surface area contributed by atoms with E-state index in [0.717, 1.165) is 22.4 Å². The van der Waals surface area contributed by atoms with Crippen molar-refractivity contribution >= 4 is 62.9 Å². The highest BCUT2D eigenvalue weighted by Crippen LogP contribution is 2.35. The fourth-order valence-electron chi connectivity index (χ4n) is 5.02. The molecule has 1 aromatic heterocycles. The lowest BCUT2D eigenvalue weighted by Gasteiger charge is -2.18. The number of fused-ring (bicyclic) bond motifs is 1. The molecule has 47 heavy (non-hydrogen) atoms. The first-order chi connectivity index (χ1) is 22.6. The topological polar surface area (TPSA) is 104 Å². The Bertz CT molecular complexity index is 2030. The monoisotopic (exact) mass is 764 g/mol. The summed E-state index contributed by atoms with van der Waals surface area (Å²) in [5.74, 6) is 1.89. The van der Waals surface area contributed by atoms with Crippen molar-refractivity contribution in [2.45, 2.75) is 33.6 Å². The third-order valence-corrected chi connectivity index (χ3v) is 8.38. The van der Waals surface area contributed by atoms with Crippen LogP contribution in [0.15, 0.2) is 82.7 Å². The minimum absolute atomic E-state index is 0.179. The predicted molar refractivity (Wildman–Crippen MR) is 196 cm³/mol. The molecular formula is C36H34ClIN4O5. The van der Waals surface area contributed by atoms with Crippen LogP contribution in [0.3, 0.4) is 0 Å². The molecule has 0 fully saturated rings. The second-order valence-electron chi connectivity index (χ2n) is 11.0. The van der Waals surface area contributed by atoms with Gasteiger partial charge in [0.2, 0.25) is 0 Å². The van der Waals surface area contributed by atoms with Gasteiger partial charge in [-0.1, -0.05) is 37.6 Å². The summed E-state index contributed by atoms with van der Waals surface area (Å²) >= 11 is 8.04. The summed E-state index contributed by atoms with van der Waals surface area (Å²) in [5.41, 5.74) is 4.25. The summed E-state index contributed by atoms with van der Waals surface area (Å²) in [7, 11) is 1.52. The highest BCUT2D eigenvalue weighted by molar-refractivity contribution is 14.1. The number of benzene rings is 4. The number of halogens is 2. The van der Waals surface area contributed by atoms with Gasteiger partial charge in [0, 0.05) is 16.3 Å². The zero-order chi connectivity index (χ0) is 33.7. The van der Waals surface area contributed by atoms with Crippen LogP contribution in [0.5, 0.6) is 17.2 Å². The molecule has 0 bridgehead atoms. The zero-order valence-electron chi connectivity index (χ0n) is 26.6.